The molecule has 4 rings (SSSR count). The van der Waals surface area contributed by atoms with Gasteiger partial charge in [0, 0.05) is 19.2 Å². The van der Waals surface area contributed by atoms with E-state index in [-0.39, 0.29) is 17.9 Å². The predicted molar refractivity (Wildman–Crippen MR) is 171 cm³/mol. The van der Waals surface area contributed by atoms with Gasteiger partial charge in [-0.3, -0.25) is 29.2 Å². The van der Waals surface area contributed by atoms with Crippen LogP contribution in [0.3, 0.4) is 0 Å². The Morgan fingerprint density at radius 1 is 1.09 bits per heavy atom. The molecule has 2 saturated heterocycles. The van der Waals surface area contributed by atoms with Crippen LogP contribution in [0.2, 0.25) is 0 Å². The van der Waals surface area contributed by atoms with Gasteiger partial charge in [0.05, 0.1) is 9.67 Å². The third-order valence-electron chi connectivity index (χ3n) is 7.99. The first kappa shape index (κ1) is 36.9. The van der Waals surface area contributed by atoms with Crippen molar-refractivity contribution in [1.82, 2.24) is 15.1 Å². The lowest BCUT2D eigenvalue weighted by Crippen LogP contribution is -2.79. The maximum Gasteiger partial charge on any atom is 0.355 e. The van der Waals surface area contributed by atoms with Crippen molar-refractivity contribution in [3.05, 3.63) is 75.8 Å². The number of hydrogen-bond acceptors (Lipinski definition) is 11. The number of nitrogens with one attached hydrogen (secondary N) is 1. The van der Waals surface area contributed by atoms with Crippen LogP contribution in [0.4, 0.5) is 5.69 Å². The van der Waals surface area contributed by atoms with Crippen LogP contribution in [0, 0.1) is 10.1 Å². The summed E-state index contributed by atoms with van der Waals surface area (Å²) in [6.45, 7) is 13.1. The quantitative estimate of drug-likeness (QED) is 0.110. The standard InChI is InChI=1S/C24H25N3O10S2.C6H15N/c1-23(2)24(26-20(29)17(36-3)21(26)38-23,22(30)37-13-14-7-5-4-6-8-14)25-19(28)18(39(33,34)35)15-9-11-16(12-10-15)27(31)32;1-4-7(5-2)6-3/h4-12,17-18,21H,13H2,1-3H3,(H,25,28)(H,33,34,35);4-6H2,1-3H3/t17-,18-,21-,24+;/m1./s1. The number of thioether (sulfide) groups is 1. The first-order valence-electron chi connectivity index (χ1n) is 14.6. The van der Waals surface area contributed by atoms with E-state index in [1.807, 2.05) is 0 Å². The molecule has 0 aromatic heterocycles. The van der Waals surface area contributed by atoms with E-state index in [0.717, 1.165) is 40.9 Å². The van der Waals surface area contributed by atoms with E-state index in [0.29, 0.717) is 5.56 Å². The van der Waals surface area contributed by atoms with Crippen molar-refractivity contribution in [2.75, 3.05) is 26.7 Å². The lowest BCUT2D eigenvalue weighted by Gasteiger charge is -2.49. The average Bonchev–Trinajstić information content (AvgIpc) is 3.21. The van der Waals surface area contributed by atoms with Gasteiger partial charge < -0.3 is 19.7 Å². The second-order valence-corrected chi connectivity index (χ2v) is 14.2. The fourth-order valence-corrected chi connectivity index (χ4v) is 7.94. The lowest BCUT2D eigenvalue weighted by molar-refractivity contribution is -0.384. The first-order valence-corrected chi connectivity index (χ1v) is 17.0. The first-order chi connectivity index (χ1) is 21.6. The van der Waals surface area contributed by atoms with E-state index in [1.165, 1.54) is 26.7 Å². The van der Waals surface area contributed by atoms with E-state index in [4.69, 9.17) is 9.47 Å². The molecule has 2 aliphatic heterocycles. The van der Waals surface area contributed by atoms with Crippen molar-refractivity contribution in [3.8, 4) is 0 Å². The van der Waals surface area contributed by atoms with Gasteiger partial charge in [-0.15, -0.1) is 11.8 Å². The number of nitrogens with zero attached hydrogens (tertiary/aromatic N) is 3. The van der Waals surface area contributed by atoms with E-state index < -0.39 is 60.0 Å². The van der Waals surface area contributed by atoms with Crippen molar-refractivity contribution in [3.63, 3.8) is 0 Å². The van der Waals surface area contributed by atoms with Crippen molar-refractivity contribution in [1.29, 1.82) is 0 Å². The van der Waals surface area contributed by atoms with Crippen LogP contribution < -0.4 is 5.32 Å². The molecule has 252 valence electrons. The van der Waals surface area contributed by atoms with Crippen molar-refractivity contribution < 1.29 is 41.8 Å². The molecule has 0 spiro atoms. The minimum Gasteiger partial charge on any atom is -0.458 e. The molecule has 2 aromatic rings. The number of fused-ring (bicyclic) bond motifs is 1. The Balaban J connectivity index is 0.000000738. The number of carbonyl (C=O) groups excluding carboxylic acids is 3. The predicted octanol–water partition coefficient (Wildman–Crippen LogP) is 3.14. The number of methoxy groups -OCH3 is 1. The molecule has 0 bridgehead atoms. The zero-order valence-electron chi connectivity index (χ0n) is 26.5. The molecule has 0 saturated carbocycles. The molecule has 16 heteroatoms. The molecule has 14 nitrogen and oxygen atoms in total. The number of carbonyl (C=O) groups is 3. The Hall–Kier alpha value is -3.57. The van der Waals surface area contributed by atoms with Gasteiger partial charge in [-0.05, 0) is 44.6 Å². The van der Waals surface area contributed by atoms with Crippen LogP contribution in [0.15, 0.2) is 54.6 Å². The minimum absolute atomic E-state index is 0.206. The highest BCUT2D eigenvalue weighted by molar-refractivity contribution is 8.01. The number of benzene rings is 2. The number of rotatable bonds is 12. The minimum atomic E-state index is -5.15. The van der Waals surface area contributed by atoms with Gasteiger partial charge in [0.2, 0.25) is 11.6 Å². The third-order valence-corrected chi connectivity index (χ3v) is 10.7. The van der Waals surface area contributed by atoms with E-state index in [2.05, 4.69) is 31.0 Å². The molecule has 2 N–H and O–H groups in total. The molecule has 46 heavy (non-hydrogen) atoms. The number of nitro benzene ring substituents is 1. The normalized spacial score (nSPS) is 22.2. The number of non-ortho nitro benzene ring substituents is 1. The summed E-state index contributed by atoms with van der Waals surface area (Å²) in [4.78, 5) is 54.2. The molecule has 0 aliphatic carbocycles. The van der Waals surface area contributed by atoms with Gasteiger partial charge in [-0.1, -0.05) is 63.2 Å². The number of β-lactam (4-membered cyclic amide) rings is 1. The Kier molecular flexibility index (Phi) is 11.9. The van der Waals surface area contributed by atoms with Crippen molar-refractivity contribution in [2.24, 2.45) is 0 Å². The molecular weight excluding hydrogens is 640 g/mol. The number of nitro groups is 1. The molecule has 2 amide bonds. The SMILES string of the molecule is CCN(CC)CC.CO[C@@H]1C(=O)N2[C@@H]1SC(C)(C)[C@]2(NC(=O)[C@@H](c1ccc([N+](=O)[O-])cc1)S(=O)(=O)O)C(=O)OCc1ccccc1. The van der Waals surface area contributed by atoms with Crippen LogP contribution in [-0.4, -0.2) is 94.1 Å². The van der Waals surface area contributed by atoms with Crippen LogP contribution in [0.5, 0.6) is 0 Å². The largest absolute Gasteiger partial charge is 0.458 e. The second-order valence-electron chi connectivity index (χ2n) is 11.0. The highest BCUT2D eigenvalue weighted by Gasteiger charge is 2.74. The van der Waals surface area contributed by atoms with E-state index >= 15 is 0 Å². The molecule has 4 atom stereocenters. The fourth-order valence-electron chi connectivity index (χ4n) is 5.38. The summed E-state index contributed by atoms with van der Waals surface area (Å²) in [6.07, 6.45) is -0.915. The van der Waals surface area contributed by atoms with Crippen LogP contribution in [0.25, 0.3) is 0 Å². The Bertz CT molecular complexity index is 1510. The molecule has 2 aliphatic rings. The maximum absolute atomic E-state index is 13.8. The lowest BCUT2D eigenvalue weighted by atomic mass is 9.88. The summed E-state index contributed by atoms with van der Waals surface area (Å²) in [5.74, 6) is -3.00. The summed E-state index contributed by atoms with van der Waals surface area (Å²) in [6, 6.07) is 12.6. The molecular formula is C30H40N4O10S2. The van der Waals surface area contributed by atoms with Crippen LogP contribution in [0.1, 0.15) is 51.0 Å². The topological polar surface area (TPSA) is 186 Å². The second kappa shape index (κ2) is 14.9. The number of hydrogen-bond donors (Lipinski definition) is 2. The van der Waals surface area contributed by atoms with Gasteiger partial charge in [0.25, 0.3) is 21.7 Å². The van der Waals surface area contributed by atoms with Crippen molar-refractivity contribution >= 4 is 45.4 Å². The number of esters is 1. The Morgan fingerprint density at radius 2 is 1.65 bits per heavy atom. The highest BCUT2D eigenvalue weighted by Crippen LogP contribution is 2.56. The maximum atomic E-state index is 13.8. The van der Waals surface area contributed by atoms with Crippen molar-refractivity contribution in [2.45, 2.75) is 68.4 Å². The summed E-state index contributed by atoms with van der Waals surface area (Å²) >= 11 is 1.15. The third kappa shape index (κ3) is 7.36. The Morgan fingerprint density at radius 3 is 2.11 bits per heavy atom. The Labute approximate surface area is 272 Å². The van der Waals surface area contributed by atoms with Gasteiger partial charge in [0.15, 0.2) is 11.4 Å². The number of amides is 2. The summed E-state index contributed by atoms with van der Waals surface area (Å²) in [5, 5.41) is 10.4. The monoisotopic (exact) mass is 680 g/mol. The van der Waals surface area contributed by atoms with E-state index in [1.54, 1.807) is 44.2 Å². The van der Waals surface area contributed by atoms with E-state index in [9.17, 15) is 37.5 Å². The molecule has 2 fully saturated rings. The van der Waals surface area contributed by atoms with Crippen LogP contribution in [-0.2, 0) is 40.6 Å². The summed E-state index contributed by atoms with van der Waals surface area (Å²) < 4.78 is 44.3. The van der Waals surface area contributed by atoms with Gasteiger partial charge in [-0.2, -0.15) is 8.42 Å². The molecule has 0 unspecified atom stereocenters. The van der Waals surface area contributed by atoms with Gasteiger partial charge >= 0.3 is 5.97 Å². The highest BCUT2D eigenvalue weighted by atomic mass is 32.2. The molecule has 2 heterocycles. The van der Waals surface area contributed by atoms with Gasteiger partial charge in [-0.25, -0.2) is 4.79 Å². The fraction of sp³-hybridized carbons (Fsp3) is 0.500. The average molecular weight is 681 g/mol. The summed E-state index contributed by atoms with van der Waals surface area (Å²) in [7, 11) is -3.83. The molecule has 0 radical (unpaired) electrons. The zero-order chi connectivity index (χ0) is 34.4. The molecule has 2 aromatic carbocycles. The van der Waals surface area contributed by atoms with Crippen LogP contribution >= 0.6 is 11.8 Å². The zero-order valence-corrected chi connectivity index (χ0v) is 28.2. The van der Waals surface area contributed by atoms with Gasteiger partial charge in [0.1, 0.15) is 12.0 Å². The summed E-state index contributed by atoms with van der Waals surface area (Å²) in [5.41, 5.74) is -2.23. The number of ether oxygens (including phenoxy) is 2. The smallest absolute Gasteiger partial charge is 0.355 e.